The van der Waals surface area contributed by atoms with Crippen molar-refractivity contribution in [3.05, 3.63) is 51.0 Å². The number of hydrogen-bond donors (Lipinski definition) is 0. The van der Waals surface area contributed by atoms with Crippen LogP contribution in [0.25, 0.3) is 11.2 Å². The molecule has 0 saturated heterocycles. The summed E-state index contributed by atoms with van der Waals surface area (Å²) < 4.78 is 1.54. The van der Waals surface area contributed by atoms with E-state index in [0.717, 1.165) is 17.1 Å². The largest absolute Gasteiger partial charge is 0.289 e. The van der Waals surface area contributed by atoms with Crippen LogP contribution in [0.3, 0.4) is 0 Å². The zero-order valence-electron chi connectivity index (χ0n) is 13.6. The van der Waals surface area contributed by atoms with Crippen LogP contribution in [-0.4, -0.2) is 21.6 Å². The van der Waals surface area contributed by atoms with Gasteiger partial charge >= 0.3 is 0 Å². The second-order valence-corrected chi connectivity index (χ2v) is 6.44. The quantitative estimate of drug-likeness (QED) is 0.630. The fourth-order valence-corrected chi connectivity index (χ4v) is 2.75. The lowest BCUT2D eigenvalue weighted by molar-refractivity contribution is 0.655. The SMILES string of the molecule is C/C=C(\C=NC(C)C1CC1)c1ccc2nc(Cl)c(C)c(=O)n2c1. The van der Waals surface area contributed by atoms with E-state index in [4.69, 9.17) is 11.6 Å². The molecule has 0 aliphatic heterocycles. The van der Waals surface area contributed by atoms with Crippen LogP contribution in [-0.2, 0) is 0 Å². The standard InChI is InChI=1S/C18H20ClN3O/c1-4-13(9-20-12(3)14-5-6-14)15-7-8-16-21-17(19)11(2)18(23)22(16)10-15/h4,7-10,12,14H,5-6H2,1-3H3/b13-4+,20-9?. The first-order valence-corrected chi connectivity index (χ1v) is 8.27. The van der Waals surface area contributed by atoms with Gasteiger partial charge in [0.2, 0.25) is 0 Å². The Hall–Kier alpha value is -1.94. The molecule has 0 radical (unpaired) electrons. The summed E-state index contributed by atoms with van der Waals surface area (Å²) >= 11 is 5.99. The van der Waals surface area contributed by atoms with Crippen molar-refractivity contribution in [2.45, 2.75) is 39.7 Å². The monoisotopic (exact) mass is 329 g/mol. The summed E-state index contributed by atoms with van der Waals surface area (Å²) in [5, 5.41) is 0.258. The Labute approximate surface area is 140 Å². The molecule has 0 aromatic carbocycles. The van der Waals surface area contributed by atoms with Crippen LogP contribution in [0.15, 0.2) is 34.2 Å². The Balaban J connectivity index is 1.99. The van der Waals surface area contributed by atoms with E-state index in [9.17, 15) is 4.79 Å². The molecule has 0 amide bonds. The lowest BCUT2D eigenvalue weighted by Gasteiger charge is -2.08. The van der Waals surface area contributed by atoms with E-state index < -0.39 is 0 Å². The van der Waals surface area contributed by atoms with Crippen LogP contribution in [0.1, 0.15) is 37.8 Å². The van der Waals surface area contributed by atoms with Crippen LogP contribution in [0.5, 0.6) is 0 Å². The Morgan fingerprint density at radius 1 is 1.48 bits per heavy atom. The molecule has 1 atom stereocenters. The zero-order chi connectivity index (χ0) is 16.6. The van der Waals surface area contributed by atoms with Crippen molar-refractivity contribution in [1.82, 2.24) is 9.38 Å². The van der Waals surface area contributed by atoms with Gasteiger partial charge in [-0.1, -0.05) is 17.7 Å². The fourth-order valence-electron chi connectivity index (χ4n) is 2.58. The first-order chi connectivity index (χ1) is 11.0. The van der Waals surface area contributed by atoms with E-state index in [1.165, 1.54) is 17.2 Å². The smallest absolute Gasteiger partial charge is 0.262 e. The van der Waals surface area contributed by atoms with Crippen LogP contribution in [0, 0.1) is 12.8 Å². The van der Waals surface area contributed by atoms with Gasteiger partial charge in [0.25, 0.3) is 5.56 Å². The van der Waals surface area contributed by atoms with Crippen LogP contribution < -0.4 is 5.56 Å². The third kappa shape index (κ3) is 3.22. The number of allylic oxidation sites excluding steroid dienone is 2. The van der Waals surface area contributed by atoms with E-state index in [-0.39, 0.29) is 10.7 Å². The molecule has 2 aromatic rings. The predicted molar refractivity (Wildman–Crippen MR) is 95.5 cm³/mol. The van der Waals surface area contributed by atoms with Crippen molar-refractivity contribution in [1.29, 1.82) is 0 Å². The lowest BCUT2D eigenvalue weighted by Crippen LogP contribution is -2.18. The minimum Gasteiger partial charge on any atom is -0.289 e. The highest BCUT2D eigenvalue weighted by Crippen LogP contribution is 2.34. The fraction of sp³-hybridized carbons (Fsp3) is 0.389. The van der Waals surface area contributed by atoms with Gasteiger partial charge in [-0.05, 0) is 62.8 Å². The molecule has 4 nitrogen and oxygen atoms in total. The van der Waals surface area contributed by atoms with Crippen molar-refractivity contribution in [2.24, 2.45) is 10.9 Å². The summed E-state index contributed by atoms with van der Waals surface area (Å²) in [7, 11) is 0. The molecule has 5 heteroatoms. The number of pyridine rings is 1. The second kappa shape index (κ2) is 6.28. The van der Waals surface area contributed by atoms with Crippen molar-refractivity contribution in [2.75, 3.05) is 0 Å². The van der Waals surface area contributed by atoms with Gasteiger partial charge in [-0.25, -0.2) is 4.98 Å². The highest BCUT2D eigenvalue weighted by Gasteiger charge is 2.27. The number of rotatable bonds is 4. The normalized spacial score (nSPS) is 17.1. The first-order valence-electron chi connectivity index (χ1n) is 7.89. The second-order valence-electron chi connectivity index (χ2n) is 6.08. The summed E-state index contributed by atoms with van der Waals surface area (Å²) in [6.45, 7) is 5.81. The van der Waals surface area contributed by atoms with E-state index >= 15 is 0 Å². The molecule has 1 unspecified atom stereocenters. The highest BCUT2D eigenvalue weighted by atomic mass is 35.5. The molecule has 120 valence electrons. The minimum atomic E-state index is -0.138. The summed E-state index contributed by atoms with van der Waals surface area (Å²) in [4.78, 5) is 21.3. The molecule has 0 N–H and O–H groups in total. The third-order valence-electron chi connectivity index (χ3n) is 4.39. The maximum atomic E-state index is 12.4. The number of aliphatic imine (C=N–C) groups is 1. The number of hydrogen-bond acceptors (Lipinski definition) is 3. The van der Waals surface area contributed by atoms with Crippen molar-refractivity contribution < 1.29 is 0 Å². The van der Waals surface area contributed by atoms with Crippen LogP contribution in [0.2, 0.25) is 5.15 Å². The summed E-state index contributed by atoms with van der Waals surface area (Å²) in [6.07, 6.45) is 8.27. The van der Waals surface area contributed by atoms with Gasteiger partial charge in [0.15, 0.2) is 0 Å². The maximum absolute atomic E-state index is 12.4. The Kier molecular flexibility index (Phi) is 4.35. The number of aromatic nitrogens is 2. The van der Waals surface area contributed by atoms with Crippen molar-refractivity contribution in [3.63, 3.8) is 0 Å². The molecule has 1 aliphatic rings. The molecule has 0 bridgehead atoms. The topological polar surface area (TPSA) is 46.7 Å². The summed E-state index contributed by atoms with van der Waals surface area (Å²) in [5.41, 5.74) is 2.81. The van der Waals surface area contributed by atoms with Crippen LogP contribution >= 0.6 is 11.6 Å². The molecule has 1 fully saturated rings. The first kappa shape index (κ1) is 15.9. The van der Waals surface area contributed by atoms with E-state index in [0.29, 0.717) is 17.3 Å². The molecule has 1 aliphatic carbocycles. The highest BCUT2D eigenvalue weighted by molar-refractivity contribution is 6.30. The number of halogens is 1. The van der Waals surface area contributed by atoms with Gasteiger partial charge in [0, 0.05) is 18.5 Å². The maximum Gasteiger partial charge on any atom is 0.262 e. The zero-order valence-corrected chi connectivity index (χ0v) is 14.3. The molecule has 1 saturated carbocycles. The average Bonchev–Trinajstić information content (AvgIpc) is 3.38. The van der Waals surface area contributed by atoms with Gasteiger partial charge in [-0.15, -0.1) is 0 Å². The predicted octanol–water partition coefficient (Wildman–Crippen LogP) is 3.93. The Morgan fingerprint density at radius 2 is 2.22 bits per heavy atom. The Bertz CT molecular complexity index is 862. The third-order valence-corrected chi connectivity index (χ3v) is 4.75. The molecule has 3 rings (SSSR count). The summed E-state index contributed by atoms with van der Waals surface area (Å²) in [6, 6.07) is 4.11. The van der Waals surface area contributed by atoms with Gasteiger partial charge in [0.05, 0.1) is 5.56 Å². The Morgan fingerprint density at radius 3 is 2.87 bits per heavy atom. The van der Waals surface area contributed by atoms with Crippen LogP contribution in [0.4, 0.5) is 0 Å². The van der Waals surface area contributed by atoms with Crippen molar-refractivity contribution in [3.8, 4) is 0 Å². The van der Waals surface area contributed by atoms with Gasteiger partial charge in [-0.2, -0.15) is 0 Å². The van der Waals surface area contributed by atoms with Gasteiger partial charge in [-0.3, -0.25) is 14.2 Å². The number of nitrogens with zero attached hydrogens (tertiary/aromatic N) is 3. The molecule has 2 aromatic heterocycles. The van der Waals surface area contributed by atoms with Gasteiger partial charge in [0.1, 0.15) is 10.8 Å². The van der Waals surface area contributed by atoms with Crippen molar-refractivity contribution >= 4 is 29.0 Å². The number of fused-ring (bicyclic) bond motifs is 1. The molecule has 0 spiro atoms. The lowest BCUT2D eigenvalue weighted by atomic mass is 10.1. The van der Waals surface area contributed by atoms with Gasteiger partial charge < -0.3 is 0 Å². The molecule has 2 heterocycles. The van der Waals surface area contributed by atoms with E-state index in [1.54, 1.807) is 13.1 Å². The minimum absolute atomic E-state index is 0.138. The van der Waals surface area contributed by atoms with E-state index in [1.807, 2.05) is 31.3 Å². The summed E-state index contributed by atoms with van der Waals surface area (Å²) in [5.74, 6) is 0.734. The average molecular weight is 330 g/mol. The molecular formula is C18H20ClN3O. The molecular weight excluding hydrogens is 310 g/mol. The molecule has 23 heavy (non-hydrogen) atoms. The van der Waals surface area contributed by atoms with E-state index in [2.05, 4.69) is 16.9 Å².